The van der Waals surface area contributed by atoms with Crippen LogP contribution in [0.1, 0.15) is 79.2 Å². The van der Waals surface area contributed by atoms with Crippen molar-refractivity contribution in [2.75, 3.05) is 6.54 Å². The van der Waals surface area contributed by atoms with E-state index < -0.39 is 35.1 Å². The third-order valence-electron chi connectivity index (χ3n) is 3.24. The van der Waals surface area contributed by atoms with E-state index in [0.29, 0.717) is 12.8 Å². The first kappa shape index (κ1) is 20.0. The van der Waals surface area contributed by atoms with Gasteiger partial charge in [0.15, 0.2) is 11.4 Å². The molecule has 24 heavy (non-hydrogen) atoms. The molecule has 1 N–H and O–H groups in total. The van der Waals surface area contributed by atoms with E-state index in [-0.39, 0.29) is 13.0 Å². The van der Waals surface area contributed by atoms with Gasteiger partial charge in [-0.25, -0.2) is 4.98 Å². The number of alkyl halides is 3. The first-order valence-corrected chi connectivity index (χ1v) is 7.94. The zero-order valence-corrected chi connectivity index (χ0v) is 13.7. The van der Waals surface area contributed by atoms with Crippen molar-refractivity contribution in [2.45, 2.75) is 58.5 Å². The average Bonchev–Trinajstić information content (AvgIpc) is 2.53. The van der Waals surface area contributed by atoms with Crippen molar-refractivity contribution in [2.24, 2.45) is 0 Å². The van der Waals surface area contributed by atoms with E-state index in [1.807, 2.05) is 13.8 Å². The van der Waals surface area contributed by atoms with Gasteiger partial charge in [0.2, 0.25) is 11.6 Å². The van der Waals surface area contributed by atoms with Crippen molar-refractivity contribution < 1.29 is 22.8 Å². The van der Waals surface area contributed by atoms with Crippen LogP contribution in [0, 0.1) is 0 Å². The number of unbranched alkanes of at least 4 members (excludes halogenated alkanes) is 3. The second-order valence-corrected chi connectivity index (χ2v) is 5.32. The number of aromatic nitrogens is 3. The average molecular weight is 346 g/mol. The van der Waals surface area contributed by atoms with Crippen molar-refractivity contribution >= 4 is 11.7 Å². The van der Waals surface area contributed by atoms with Gasteiger partial charge in [0, 0.05) is 13.0 Å². The van der Waals surface area contributed by atoms with Gasteiger partial charge in [-0.15, -0.1) is 10.2 Å². The minimum absolute atomic E-state index is 0.109. The quantitative estimate of drug-likeness (QED) is 0.548. The van der Waals surface area contributed by atoms with E-state index in [2.05, 4.69) is 20.5 Å². The summed E-state index contributed by atoms with van der Waals surface area (Å²) in [6.07, 6.45) is -1.09. The predicted molar refractivity (Wildman–Crippen MR) is 80.5 cm³/mol. The molecule has 0 atom stereocenters. The summed E-state index contributed by atoms with van der Waals surface area (Å²) in [4.78, 5) is 27.4. The maximum absolute atomic E-state index is 13.0. The number of hydrogen-bond donors (Lipinski definition) is 1. The zero-order chi connectivity index (χ0) is 18.2. The van der Waals surface area contributed by atoms with Crippen LogP contribution in [-0.4, -0.2) is 33.4 Å². The van der Waals surface area contributed by atoms with Gasteiger partial charge >= 0.3 is 6.18 Å². The Balaban J connectivity index is 3.04. The minimum Gasteiger partial charge on any atom is -0.351 e. The summed E-state index contributed by atoms with van der Waals surface area (Å²) < 4.78 is 38.9. The lowest BCUT2D eigenvalue weighted by Gasteiger charge is -2.11. The third-order valence-corrected chi connectivity index (χ3v) is 3.24. The van der Waals surface area contributed by atoms with E-state index in [4.69, 9.17) is 0 Å². The van der Waals surface area contributed by atoms with Gasteiger partial charge in [-0.05, 0) is 12.8 Å². The van der Waals surface area contributed by atoms with Crippen molar-refractivity contribution in [3.05, 3.63) is 17.2 Å². The number of amides is 1. The normalized spacial score (nSPS) is 11.4. The molecule has 9 heteroatoms. The topological polar surface area (TPSA) is 84.8 Å². The molecule has 6 nitrogen and oxygen atoms in total. The van der Waals surface area contributed by atoms with Gasteiger partial charge in [0.25, 0.3) is 5.91 Å². The molecule has 0 unspecified atom stereocenters. The largest absolute Gasteiger partial charge is 0.437 e. The Hall–Kier alpha value is -2.06. The van der Waals surface area contributed by atoms with Crippen LogP contribution in [0.4, 0.5) is 13.2 Å². The molecule has 1 rings (SSSR count). The maximum atomic E-state index is 13.0. The molecule has 0 aliphatic heterocycles. The monoisotopic (exact) mass is 346 g/mol. The number of rotatable bonds is 9. The number of nitrogens with one attached hydrogen (secondary N) is 1. The molecule has 0 aliphatic carbocycles. The fourth-order valence-corrected chi connectivity index (χ4v) is 1.90. The molecule has 0 saturated heterocycles. The summed E-state index contributed by atoms with van der Waals surface area (Å²) in [6.45, 7) is 4.06. The number of carbonyl (C=O) groups excluding carboxylic acids is 2. The summed E-state index contributed by atoms with van der Waals surface area (Å²) in [6, 6.07) is 0. The molecule has 1 aromatic heterocycles. The Labute approximate surface area is 138 Å². The molecule has 1 heterocycles. The molecule has 1 amide bonds. The molecule has 0 fully saturated rings. The lowest BCUT2D eigenvalue weighted by Crippen LogP contribution is -2.30. The Kier molecular flexibility index (Phi) is 7.73. The molecule has 1 aromatic rings. The first-order chi connectivity index (χ1) is 11.3. The molecule has 0 aliphatic rings. The SMILES string of the molecule is CCCCCC(=O)c1nnc(C(F)(F)F)c(C(=O)NCCCC)n1. The molecule has 0 saturated carbocycles. The molecular weight excluding hydrogens is 325 g/mol. The predicted octanol–water partition coefficient (Wildman–Crippen LogP) is 3.18. The summed E-state index contributed by atoms with van der Waals surface area (Å²) in [5, 5.41) is 8.63. The van der Waals surface area contributed by atoms with E-state index in [1.165, 1.54) is 0 Å². The fraction of sp³-hybridized carbons (Fsp3) is 0.667. The smallest absolute Gasteiger partial charge is 0.351 e. The second-order valence-electron chi connectivity index (χ2n) is 5.32. The summed E-state index contributed by atoms with van der Waals surface area (Å²) in [5.74, 6) is -1.99. The summed E-state index contributed by atoms with van der Waals surface area (Å²) in [7, 11) is 0. The van der Waals surface area contributed by atoms with Gasteiger partial charge in [0.1, 0.15) is 0 Å². The number of nitrogens with zero attached hydrogens (tertiary/aromatic N) is 3. The highest BCUT2D eigenvalue weighted by Crippen LogP contribution is 2.29. The van der Waals surface area contributed by atoms with Crippen molar-refractivity contribution in [1.29, 1.82) is 0 Å². The number of ketones is 1. The summed E-state index contributed by atoms with van der Waals surface area (Å²) in [5.41, 5.74) is -2.39. The highest BCUT2D eigenvalue weighted by Gasteiger charge is 2.39. The van der Waals surface area contributed by atoms with Crippen LogP contribution in [0.25, 0.3) is 0 Å². The number of halogens is 3. The molecule has 134 valence electrons. The maximum Gasteiger partial charge on any atom is 0.437 e. The van der Waals surface area contributed by atoms with Crippen LogP contribution < -0.4 is 5.32 Å². The lowest BCUT2D eigenvalue weighted by atomic mass is 10.1. The van der Waals surface area contributed by atoms with Crippen molar-refractivity contribution in [1.82, 2.24) is 20.5 Å². The van der Waals surface area contributed by atoms with Crippen molar-refractivity contribution in [3.63, 3.8) is 0 Å². The minimum atomic E-state index is -4.87. The van der Waals surface area contributed by atoms with Gasteiger partial charge < -0.3 is 5.32 Å². The zero-order valence-electron chi connectivity index (χ0n) is 13.7. The van der Waals surface area contributed by atoms with Crippen LogP contribution >= 0.6 is 0 Å². The number of carbonyl (C=O) groups is 2. The highest BCUT2D eigenvalue weighted by atomic mass is 19.4. The van der Waals surface area contributed by atoms with Crippen LogP contribution in [0.5, 0.6) is 0 Å². The van der Waals surface area contributed by atoms with Crippen LogP contribution in [0.2, 0.25) is 0 Å². The molecule has 0 radical (unpaired) electrons. The Morgan fingerprint density at radius 1 is 1.04 bits per heavy atom. The van der Waals surface area contributed by atoms with Gasteiger partial charge in [-0.2, -0.15) is 13.2 Å². The molecular formula is C15H21F3N4O2. The molecule has 0 aromatic carbocycles. The molecule has 0 spiro atoms. The van der Waals surface area contributed by atoms with Gasteiger partial charge in [-0.1, -0.05) is 33.1 Å². The molecule has 0 bridgehead atoms. The van der Waals surface area contributed by atoms with E-state index in [1.54, 1.807) is 0 Å². The Morgan fingerprint density at radius 3 is 2.29 bits per heavy atom. The Bertz CT molecular complexity index is 576. The first-order valence-electron chi connectivity index (χ1n) is 7.94. The van der Waals surface area contributed by atoms with E-state index in [9.17, 15) is 22.8 Å². The van der Waals surface area contributed by atoms with Crippen LogP contribution in [-0.2, 0) is 6.18 Å². The standard InChI is InChI=1S/C15H21F3N4O2/c1-3-5-7-8-10(23)13-20-11(14(24)19-9-6-4-2)12(21-22-13)15(16,17)18/h3-9H2,1-2H3,(H,19,24). The van der Waals surface area contributed by atoms with E-state index >= 15 is 0 Å². The lowest BCUT2D eigenvalue weighted by molar-refractivity contribution is -0.142. The van der Waals surface area contributed by atoms with Crippen LogP contribution in [0.3, 0.4) is 0 Å². The highest BCUT2D eigenvalue weighted by molar-refractivity contribution is 5.96. The van der Waals surface area contributed by atoms with Gasteiger partial charge in [0.05, 0.1) is 0 Å². The Morgan fingerprint density at radius 2 is 1.71 bits per heavy atom. The number of Topliss-reactive ketones (excluding diaryl/α,β-unsaturated/α-hetero) is 1. The fourth-order valence-electron chi connectivity index (χ4n) is 1.90. The van der Waals surface area contributed by atoms with Gasteiger partial charge in [-0.3, -0.25) is 9.59 Å². The summed E-state index contributed by atoms with van der Waals surface area (Å²) >= 11 is 0. The third kappa shape index (κ3) is 5.86. The van der Waals surface area contributed by atoms with Crippen LogP contribution in [0.15, 0.2) is 0 Å². The number of hydrogen-bond acceptors (Lipinski definition) is 5. The second kappa shape index (κ2) is 9.29. The van der Waals surface area contributed by atoms with Crippen molar-refractivity contribution in [3.8, 4) is 0 Å². The van der Waals surface area contributed by atoms with E-state index in [0.717, 1.165) is 19.3 Å².